The average molecular weight is 1060 g/mol. The second kappa shape index (κ2) is 20.1. The molecule has 5 heterocycles. The van der Waals surface area contributed by atoms with E-state index in [1.165, 1.54) is 22.3 Å². The molecule has 0 aliphatic carbocycles. The summed E-state index contributed by atoms with van der Waals surface area (Å²) < 4.78 is 49.2. The van der Waals surface area contributed by atoms with Gasteiger partial charge in [-0.3, -0.25) is 0 Å². The van der Waals surface area contributed by atoms with Crippen molar-refractivity contribution < 1.29 is 38.2 Å². The summed E-state index contributed by atoms with van der Waals surface area (Å²) in [5.41, 5.74) is 11.4. The normalized spacial score (nSPS) is 18.6. The molecule has 2 aromatic heterocycles. The van der Waals surface area contributed by atoms with Crippen LogP contribution in [0.4, 0.5) is 0 Å². The Hall–Kier alpha value is -6.40. The van der Waals surface area contributed by atoms with Crippen LogP contribution in [0.3, 0.4) is 0 Å². The fourth-order valence-electron chi connectivity index (χ4n) is 10.2. The Bertz CT molecular complexity index is 3720. The maximum Gasteiger partial charge on any atom is 0.495 e. The highest BCUT2D eigenvalue weighted by molar-refractivity contribution is 7.11. The van der Waals surface area contributed by atoms with E-state index >= 15 is 0 Å². The van der Waals surface area contributed by atoms with E-state index in [2.05, 4.69) is 167 Å². The van der Waals surface area contributed by atoms with Gasteiger partial charge in [0, 0.05) is 34.1 Å². The molecule has 3 aliphatic rings. The number of hydrogen-bond donors (Lipinski definition) is 0. The predicted octanol–water partition coefficient (Wildman–Crippen LogP) is 17.3. The molecule has 3 aliphatic heterocycles. The lowest BCUT2D eigenvalue weighted by Crippen LogP contribution is -2.41. The van der Waals surface area contributed by atoms with E-state index in [0.717, 1.165) is 76.6 Å². The summed E-state index contributed by atoms with van der Waals surface area (Å²) in [7, 11) is -1.39. The Kier molecular flexibility index (Phi) is 13.8. The third kappa shape index (κ3) is 9.82. The van der Waals surface area contributed by atoms with Crippen molar-refractivity contribution in [2.75, 3.05) is 0 Å². The fraction of sp³-hybridized carbons (Fsp3) is 0.273. The molecule has 396 valence electrons. The van der Waals surface area contributed by atoms with Gasteiger partial charge in [0.25, 0.3) is 0 Å². The molecule has 0 spiro atoms. The Labute approximate surface area is 466 Å². The van der Waals surface area contributed by atoms with Crippen molar-refractivity contribution in [3.8, 4) is 44.5 Å². The first kappa shape index (κ1) is 53.6. The Morgan fingerprint density at radius 3 is 1.08 bits per heavy atom. The topological polar surface area (TPSA) is 81.7 Å². The number of benzene rings is 8. The summed E-state index contributed by atoms with van der Waals surface area (Å²) in [5, 5.41) is 4.88. The average Bonchev–Trinajstić information content (AvgIpc) is 4.29. The molecule has 0 N–H and O–H groups in total. The summed E-state index contributed by atoms with van der Waals surface area (Å²) in [4.78, 5) is 0. The molecule has 78 heavy (non-hydrogen) atoms. The minimum atomic E-state index is -0.476. The van der Waals surface area contributed by atoms with Gasteiger partial charge in [0.15, 0.2) is 0 Å². The van der Waals surface area contributed by atoms with Gasteiger partial charge in [0.05, 0.1) is 38.6 Å². The smallest absolute Gasteiger partial charge is 0.455 e. The zero-order valence-corrected chi connectivity index (χ0v) is 47.5. The summed E-state index contributed by atoms with van der Waals surface area (Å²) in [6.07, 6.45) is 0. The van der Waals surface area contributed by atoms with Crippen molar-refractivity contribution in [2.24, 2.45) is 0 Å². The van der Waals surface area contributed by atoms with Gasteiger partial charge in [-0.05, 0) is 140 Å². The number of furan rings is 2. The van der Waals surface area contributed by atoms with Crippen LogP contribution in [0.2, 0.25) is 5.02 Å². The van der Waals surface area contributed by atoms with Crippen molar-refractivity contribution >= 4 is 82.1 Å². The van der Waals surface area contributed by atoms with Crippen LogP contribution in [0.5, 0.6) is 0 Å². The first-order valence-corrected chi connectivity index (χ1v) is 27.3. The standard InChI is InChI=1S/C30H27BO3.C24H15ClO.C12H24B2O4.H2/c1-29(2)30(3,4)34-31(33-29)25-14-9-15-26-27(25)24-13-8-12-23(28(24)32-26)22-18-16-21(17-19-22)20-10-6-5-7-11-20;25-21-10-5-11-22-23(21)20-9-4-8-19(24(20)26-22)18-14-12-17(13-15-18)16-6-2-1-3-7-16;1-9(2)10(3,4)16-13(15-9)14-17-11(5,6)12(7,8)18-14;/h5-19H,1-4H3;1-15H;1-8H3;1H. The van der Waals surface area contributed by atoms with Crippen LogP contribution in [-0.4, -0.2) is 54.7 Å². The maximum atomic E-state index is 6.45. The van der Waals surface area contributed by atoms with Crippen LogP contribution >= 0.6 is 11.6 Å². The summed E-state index contributed by atoms with van der Waals surface area (Å²) in [6, 6.07) is 62.5. The second-order valence-corrected chi connectivity index (χ2v) is 24.0. The number of hydrogen-bond acceptors (Lipinski definition) is 8. The van der Waals surface area contributed by atoms with E-state index in [1.54, 1.807) is 0 Å². The molecule has 13 rings (SSSR count). The van der Waals surface area contributed by atoms with Crippen LogP contribution in [-0.2, 0) is 27.9 Å². The zero-order valence-electron chi connectivity index (χ0n) is 46.7. The SMILES string of the molecule is CC1(C)OB(B2OC(C)(C)C(C)(C)O2)OC1(C)C.CC1(C)OB(c2cccc3oc4c(-c5ccc(-c6ccccc6)cc5)cccc4c23)OC1(C)C.Clc1cccc2oc3c(-c4ccc(-c5ccccc5)cc4)cccc3c12.[HH]. The summed E-state index contributed by atoms with van der Waals surface area (Å²) >= 11 is 6.40. The third-order valence-corrected chi connectivity index (χ3v) is 17.2. The van der Waals surface area contributed by atoms with Crippen LogP contribution in [0.15, 0.2) is 191 Å². The largest absolute Gasteiger partial charge is 0.495 e. The lowest BCUT2D eigenvalue weighted by molar-refractivity contribution is 0.00578. The van der Waals surface area contributed by atoms with E-state index in [4.69, 9.17) is 48.4 Å². The number of halogens is 1. The van der Waals surface area contributed by atoms with Crippen LogP contribution < -0.4 is 5.46 Å². The molecule has 0 unspecified atom stereocenters. The van der Waals surface area contributed by atoms with Gasteiger partial charge in [-0.25, -0.2) is 0 Å². The molecule has 8 aromatic carbocycles. The Morgan fingerprint density at radius 1 is 0.321 bits per heavy atom. The first-order valence-electron chi connectivity index (χ1n) is 27.0. The minimum Gasteiger partial charge on any atom is -0.455 e. The first-order chi connectivity index (χ1) is 37.0. The molecule has 10 aromatic rings. The maximum absolute atomic E-state index is 6.45. The highest BCUT2D eigenvalue weighted by Crippen LogP contribution is 2.45. The highest BCUT2D eigenvalue weighted by Gasteiger charge is 2.64. The quantitative estimate of drug-likeness (QED) is 0.152. The zero-order chi connectivity index (χ0) is 55.0. The van der Waals surface area contributed by atoms with Gasteiger partial charge in [-0.2, -0.15) is 0 Å². The van der Waals surface area contributed by atoms with Gasteiger partial charge in [0.2, 0.25) is 0 Å². The van der Waals surface area contributed by atoms with Gasteiger partial charge >= 0.3 is 21.1 Å². The van der Waals surface area contributed by atoms with Crippen molar-refractivity contribution in [2.45, 2.75) is 117 Å². The molecule has 3 fully saturated rings. The molecular weight excluding hydrogens is 989 g/mol. The minimum absolute atomic E-state index is 0. The van der Waals surface area contributed by atoms with E-state index in [0.29, 0.717) is 0 Å². The number of fused-ring (bicyclic) bond motifs is 6. The molecule has 0 amide bonds. The van der Waals surface area contributed by atoms with E-state index in [1.807, 2.05) is 97.9 Å². The molecule has 0 radical (unpaired) electrons. The van der Waals surface area contributed by atoms with Crippen molar-refractivity contribution in [3.05, 3.63) is 187 Å². The lowest BCUT2D eigenvalue weighted by atomic mass is 9.49. The van der Waals surface area contributed by atoms with E-state index in [9.17, 15) is 0 Å². The third-order valence-electron chi connectivity index (χ3n) is 16.9. The van der Waals surface area contributed by atoms with Crippen molar-refractivity contribution in [1.29, 1.82) is 0 Å². The van der Waals surface area contributed by atoms with Gasteiger partial charge in [-0.1, -0.05) is 175 Å². The Balaban J connectivity index is 0.000000140. The molecule has 0 saturated carbocycles. The molecule has 3 saturated heterocycles. The van der Waals surface area contributed by atoms with Crippen molar-refractivity contribution in [3.63, 3.8) is 0 Å². The monoisotopic (exact) mass is 1060 g/mol. The lowest BCUT2D eigenvalue weighted by Gasteiger charge is -2.32. The van der Waals surface area contributed by atoms with E-state index < -0.39 is 32.3 Å². The fourth-order valence-corrected chi connectivity index (χ4v) is 10.5. The van der Waals surface area contributed by atoms with Crippen molar-refractivity contribution in [1.82, 2.24) is 0 Å². The van der Waals surface area contributed by atoms with Gasteiger partial charge in [-0.15, -0.1) is 0 Å². The number of para-hydroxylation sites is 2. The summed E-state index contributed by atoms with van der Waals surface area (Å²) in [5.74, 6) is 0. The number of rotatable bonds is 6. The molecule has 12 heteroatoms. The summed E-state index contributed by atoms with van der Waals surface area (Å²) in [6.45, 7) is 24.5. The molecule has 0 bridgehead atoms. The van der Waals surface area contributed by atoms with Crippen LogP contribution in [0.1, 0.15) is 84.5 Å². The van der Waals surface area contributed by atoms with Gasteiger partial charge in [0.1, 0.15) is 22.3 Å². The van der Waals surface area contributed by atoms with E-state index in [-0.39, 0.29) is 23.8 Å². The molecular formula is C66H68B3ClO8. The molecule has 8 nitrogen and oxygen atoms in total. The predicted molar refractivity (Wildman–Crippen MR) is 324 cm³/mol. The Morgan fingerprint density at radius 2 is 0.654 bits per heavy atom. The van der Waals surface area contributed by atoms with Gasteiger partial charge < -0.3 is 36.8 Å². The molecule has 0 atom stereocenters. The second-order valence-electron chi connectivity index (χ2n) is 23.6. The van der Waals surface area contributed by atoms with Crippen LogP contribution in [0.25, 0.3) is 88.4 Å². The highest BCUT2D eigenvalue weighted by atomic mass is 35.5. The van der Waals surface area contributed by atoms with Crippen LogP contribution in [0, 0.1) is 0 Å².